The van der Waals surface area contributed by atoms with E-state index in [1.54, 1.807) is 25.1 Å². The van der Waals surface area contributed by atoms with E-state index in [0.717, 1.165) is 5.56 Å². The number of nitrogen functional groups attached to an aromatic ring is 1. The van der Waals surface area contributed by atoms with E-state index in [4.69, 9.17) is 5.73 Å². The van der Waals surface area contributed by atoms with Gasteiger partial charge in [-0.25, -0.2) is 16.8 Å². The highest BCUT2D eigenvalue weighted by Crippen LogP contribution is 2.24. The van der Waals surface area contributed by atoms with Crippen molar-refractivity contribution in [3.63, 3.8) is 0 Å². The molecule has 0 spiro atoms. The molecule has 0 bridgehead atoms. The summed E-state index contributed by atoms with van der Waals surface area (Å²) in [6.45, 7) is 1.78. The molecule has 112 valence electrons. The number of hydrogen-bond donors (Lipinski definition) is 2. The first-order valence-electron chi connectivity index (χ1n) is 6.28. The first-order chi connectivity index (χ1) is 9.20. The second kappa shape index (κ2) is 5.25. The summed E-state index contributed by atoms with van der Waals surface area (Å²) in [4.78, 5) is 0. The number of sulfonamides is 1. The molecule has 1 fully saturated rings. The maximum atomic E-state index is 12.3. The van der Waals surface area contributed by atoms with Gasteiger partial charge in [-0.1, -0.05) is 6.07 Å². The third kappa shape index (κ3) is 3.43. The Hall–Kier alpha value is -1.28. The third-order valence-electron chi connectivity index (χ3n) is 3.45. The Morgan fingerprint density at radius 3 is 2.45 bits per heavy atom. The van der Waals surface area contributed by atoms with Crippen molar-refractivity contribution >= 4 is 31.2 Å². The van der Waals surface area contributed by atoms with Gasteiger partial charge in [-0.3, -0.25) is 4.72 Å². The molecule has 1 aromatic rings. The van der Waals surface area contributed by atoms with Gasteiger partial charge in [-0.05, 0) is 37.5 Å². The molecule has 0 unspecified atom stereocenters. The molecule has 0 aliphatic carbocycles. The lowest BCUT2D eigenvalue weighted by molar-refractivity contribution is 0.555. The summed E-state index contributed by atoms with van der Waals surface area (Å²) in [5.74, 6) is -0.150. The molecule has 1 saturated heterocycles. The van der Waals surface area contributed by atoms with Gasteiger partial charge in [0.2, 0.25) is 10.0 Å². The predicted molar refractivity (Wildman–Crippen MR) is 79.8 cm³/mol. The molecule has 0 saturated carbocycles. The third-order valence-corrected chi connectivity index (χ3v) is 7.02. The van der Waals surface area contributed by atoms with Crippen molar-refractivity contribution < 1.29 is 16.8 Å². The number of hydrogen-bond acceptors (Lipinski definition) is 5. The van der Waals surface area contributed by atoms with Gasteiger partial charge in [0.15, 0.2) is 0 Å². The molecule has 8 heteroatoms. The highest BCUT2D eigenvalue weighted by atomic mass is 32.2. The predicted octanol–water partition coefficient (Wildman–Crippen LogP) is 0.896. The topological polar surface area (TPSA) is 106 Å². The summed E-state index contributed by atoms with van der Waals surface area (Å²) in [5, 5.41) is -0.674. The normalized spacial score (nSPS) is 19.6. The van der Waals surface area contributed by atoms with Crippen LogP contribution in [0.25, 0.3) is 0 Å². The Labute approximate surface area is 119 Å². The van der Waals surface area contributed by atoms with Crippen molar-refractivity contribution in [1.29, 1.82) is 0 Å². The van der Waals surface area contributed by atoms with Crippen molar-refractivity contribution in [3.05, 3.63) is 23.8 Å². The Kier molecular flexibility index (Phi) is 3.97. The van der Waals surface area contributed by atoms with Crippen LogP contribution in [0.4, 0.5) is 11.4 Å². The molecule has 0 aromatic heterocycles. The number of nitrogens with two attached hydrogens (primary N) is 1. The lowest BCUT2D eigenvalue weighted by Crippen LogP contribution is -2.36. The molecule has 1 aromatic carbocycles. The van der Waals surface area contributed by atoms with Crippen molar-refractivity contribution in [1.82, 2.24) is 0 Å². The minimum absolute atomic E-state index is 0.0749. The van der Waals surface area contributed by atoms with Crippen LogP contribution < -0.4 is 10.5 Å². The molecular weight excluding hydrogens is 300 g/mol. The number of benzene rings is 1. The highest BCUT2D eigenvalue weighted by molar-refractivity contribution is 7.94. The molecule has 1 aliphatic heterocycles. The quantitative estimate of drug-likeness (QED) is 0.805. The van der Waals surface area contributed by atoms with E-state index in [9.17, 15) is 16.8 Å². The zero-order valence-electron chi connectivity index (χ0n) is 11.2. The van der Waals surface area contributed by atoms with E-state index in [-0.39, 0.29) is 24.3 Å². The number of rotatable bonds is 3. The molecule has 20 heavy (non-hydrogen) atoms. The molecule has 2 rings (SSSR count). The number of aryl methyl sites for hydroxylation is 1. The molecule has 1 aliphatic rings. The first kappa shape index (κ1) is 15.1. The summed E-state index contributed by atoms with van der Waals surface area (Å²) >= 11 is 0. The van der Waals surface area contributed by atoms with E-state index in [1.165, 1.54) is 0 Å². The summed E-state index contributed by atoms with van der Waals surface area (Å²) in [6.07, 6.45) is 0.276. The highest BCUT2D eigenvalue weighted by Gasteiger charge is 2.32. The number of nitrogens with one attached hydrogen (secondary N) is 1. The smallest absolute Gasteiger partial charge is 0.235 e. The van der Waals surface area contributed by atoms with Crippen LogP contribution in [0.1, 0.15) is 18.4 Å². The molecule has 3 N–H and O–H groups in total. The summed E-state index contributed by atoms with van der Waals surface area (Å²) in [7, 11) is -6.67. The molecule has 0 amide bonds. The van der Waals surface area contributed by atoms with Crippen molar-refractivity contribution in [2.24, 2.45) is 0 Å². The minimum atomic E-state index is -3.60. The zero-order valence-corrected chi connectivity index (χ0v) is 12.8. The van der Waals surface area contributed by atoms with Crippen LogP contribution in [0, 0.1) is 6.92 Å². The molecule has 1 heterocycles. The lowest BCUT2D eigenvalue weighted by atomic mass is 10.2. The summed E-state index contributed by atoms with van der Waals surface area (Å²) < 4.78 is 49.8. The Balaban J connectivity index is 2.18. The summed E-state index contributed by atoms with van der Waals surface area (Å²) in [5.41, 5.74) is 7.33. The van der Waals surface area contributed by atoms with Gasteiger partial charge in [0.1, 0.15) is 9.84 Å². The second-order valence-electron chi connectivity index (χ2n) is 5.07. The first-order valence-corrected chi connectivity index (χ1v) is 9.64. The molecule has 0 radical (unpaired) electrons. The fourth-order valence-corrected chi connectivity index (χ4v) is 5.50. The van der Waals surface area contributed by atoms with Gasteiger partial charge < -0.3 is 5.73 Å². The van der Waals surface area contributed by atoms with Crippen LogP contribution in [-0.2, 0) is 19.9 Å². The average molecular weight is 318 g/mol. The van der Waals surface area contributed by atoms with Crippen LogP contribution in [0.15, 0.2) is 18.2 Å². The van der Waals surface area contributed by atoms with Gasteiger partial charge in [0, 0.05) is 5.69 Å². The second-order valence-corrected chi connectivity index (χ2v) is 9.34. The van der Waals surface area contributed by atoms with Gasteiger partial charge in [0.25, 0.3) is 0 Å². The maximum Gasteiger partial charge on any atom is 0.235 e. The largest absolute Gasteiger partial charge is 0.399 e. The van der Waals surface area contributed by atoms with Crippen molar-refractivity contribution in [3.8, 4) is 0 Å². The maximum absolute atomic E-state index is 12.3. The molecule has 6 nitrogen and oxygen atoms in total. The Morgan fingerprint density at radius 2 is 1.85 bits per heavy atom. The Bertz CT molecular complexity index is 697. The van der Waals surface area contributed by atoms with Crippen molar-refractivity contribution in [2.75, 3.05) is 22.0 Å². The van der Waals surface area contributed by atoms with E-state index in [1.807, 2.05) is 0 Å². The SMILES string of the molecule is Cc1ccc(N)cc1NS(=O)(=O)C1CCS(=O)(=O)CC1. The van der Waals surface area contributed by atoms with Crippen LogP contribution in [-0.4, -0.2) is 33.6 Å². The minimum Gasteiger partial charge on any atom is -0.399 e. The van der Waals surface area contributed by atoms with Crippen molar-refractivity contribution in [2.45, 2.75) is 25.0 Å². The van der Waals surface area contributed by atoms with E-state index in [2.05, 4.69) is 4.72 Å². The van der Waals surface area contributed by atoms with Gasteiger partial charge in [0.05, 0.1) is 22.4 Å². The van der Waals surface area contributed by atoms with Crippen LogP contribution in [0.2, 0.25) is 0 Å². The fourth-order valence-electron chi connectivity index (χ4n) is 2.16. The standard InChI is InChI=1S/C12H18N2O4S2/c1-9-2-3-10(13)8-12(9)14-20(17,18)11-4-6-19(15,16)7-5-11/h2-3,8,11,14H,4-7,13H2,1H3. The van der Waals surface area contributed by atoms with Gasteiger partial charge >= 0.3 is 0 Å². The number of anilines is 2. The molecule has 0 atom stereocenters. The van der Waals surface area contributed by atoms with Gasteiger partial charge in [-0.15, -0.1) is 0 Å². The lowest BCUT2D eigenvalue weighted by Gasteiger charge is -2.23. The van der Waals surface area contributed by atoms with E-state index < -0.39 is 25.1 Å². The number of sulfone groups is 1. The average Bonchev–Trinajstić information content (AvgIpc) is 2.33. The van der Waals surface area contributed by atoms with E-state index in [0.29, 0.717) is 11.4 Å². The van der Waals surface area contributed by atoms with Crippen LogP contribution >= 0.6 is 0 Å². The monoisotopic (exact) mass is 318 g/mol. The van der Waals surface area contributed by atoms with E-state index >= 15 is 0 Å². The Morgan fingerprint density at radius 1 is 1.25 bits per heavy atom. The molecular formula is C12H18N2O4S2. The van der Waals surface area contributed by atoms with Gasteiger partial charge in [-0.2, -0.15) is 0 Å². The van der Waals surface area contributed by atoms with Crippen LogP contribution in [0.5, 0.6) is 0 Å². The fraction of sp³-hybridized carbons (Fsp3) is 0.500. The van der Waals surface area contributed by atoms with Crippen LogP contribution in [0.3, 0.4) is 0 Å². The summed E-state index contributed by atoms with van der Waals surface area (Å²) in [6, 6.07) is 4.99. The zero-order chi connectivity index (χ0) is 15.0.